The number of aliphatic hydroxyl groups excluding tert-OH is 1. The summed E-state index contributed by atoms with van der Waals surface area (Å²) in [4.78, 5) is 41.4. The van der Waals surface area contributed by atoms with Crippen molar-refractivity contribution in [1.29, 1.82) is 0 Å². The van der Waals surface area contributed by atoms with Gasteiger partial charge in [-0.25, -0.2) is 0 Å². The summed E-state index contributed by atoms with van der Waals surface area (Å²) in [5.41, 5.74) is 0.963. The number of carbonyl (C=O) groups excluding carboxylic acids is 3. The summed E-state index contributed by atoms with van der Waals surface area (Å²) >= 11 is 0. The Balaban J connectivity index is 2.09. The van der Waals surface area contributed by atoms with E-state index in [0.717, 1.165) is 13.1 Å². The average Bonchev–Trinajstić information content (AvgIpc) is 3.09. The Hall–Kier alpha value is -3.65. The molecule has 35 heavy (non-hydrogen) atoms. The molecule has 1 unspecified atom stereocenters. The van der Waals surface area contributed by atoms with Crippen LogP contribution in [-0.2, 0) is 14.4 Å². The first kappa shape index (κ1) is 26.0. The first-order valence-corrected chi connectivity index (χ1v) is 11.8. The lowest BCUT2D eigenvalue weighted by molar-refractivity contribution is -0.140. The molecular weight excluding hydrogens is 448 g/mol. The standard InChI is InChI=1S/C27H32N2O6/c1-5-28(6-2)15-16-29-24(20-9-8-10-22(17-20)35-18(4)30)23(26(32)27(29)33)25(31)19-11-13-21(14-12-19)34-7-3/h8-14,17,24,31H,5-7,15-16H2,1-4H3/b25-23-. The van der Waals surface area contributed by atoms with Crippen molar-refractivity contribution in [3.05, 3.63) is 65.2 Å². The highest BCUT2D eigenvalue weighted by molar-refractivity contribution is 6.46. The highest BCUT2D eigenvalue weighted by Gasteiger charge is 2.46. The summed E-state index contributed by atoms with van der Waals surface area (Å²) in [6.07, 6.45) is 0. The van der Waals surface area contributed by atoms with Crippen LogP contribution in [-0.4, -0.2) is 65.4 Å². The Morgan fingerprint density at radius 3 is 2.31 bits per heavy atom. The second-order valence-corrected chi connectivity index (χ2v) is 8.14. The number of ketones is 1. The van der Waals surface area contributed by atoms with Crippen LogP contribution in [0, 0.1) is 0 Å². The zero-order valence-electron chi connectivity index (χ0n) is 20.6. The van der Waals surface area contributed by atoms with E-state index in [4.69, 9.17) is 9.47 Å². The van der Waals surface area contributed by atoms with Crippen LogP contribution < -0.4 is 9.47 Å². The zero-order valence-corrected chi connectivity index (χ0v) is 20.6. The minimum absolute atomic E-state index is 0.00122. The lowest BCUT2D eigenvalue weighted by atomic mass is 9.95. The SMILES string of the molecule is CCOc1ccc(/C(O)=C2/C(=O)C(=O)N(CCN(CC)CC)C2c2cccc(OC(C)=O)c2)cc1. The number of nitrogens with zero attached hydrogens (tertiary/aromatic N) is 2. The Kier molecular flexibility index (Phi) is 8.65. The van der Waals surface area contributed by atoms with Crippen LogP contribution in [0.2, 0.25) is 0 Å². The fraction of sp³-hybridized carbons (Fsp3) is 0.370. The summed E-state index contributed by atoms with van der Waals surface area (Å²) in [5, 5.41) is 11.2. The van der Waals surface area contributed by atoms with Crippen molar-refractivity contribution in [1.82, 2.24) is 9.80 Å². The molecule has 8 heteroatoms. The normalized spacial score (nSPS) is 17.2. The van der Waals surface area contributed by atoms with Gasteiger partial charge in [0, 0.05) is 25.6 Å². The third-order valence-corrected chi connectivity index (χ3v) is 5.97. The minimum atomic E-state index is -0.826. The van der Waals surface area contributed by atoms with Crippen LogP contribution >= 0.6 is 0 Å². The van der Waals surface area contributed by atoms with Crippen LogP contribution in [0.15, 0.2) is 54.1 Å². The second kappa shape index (κ2) is 11.7. The number of hydrogen-bond donors (Lipinski definition) is 1. The smallest absolute Gasteiger partial charge is 0.308 e. The van der Waals surface area contributed by atoms with Gasteiger partial charge in [-0.1, -0.05) is 26.0 Å². The third-order valence-electron chi connectivity index (χ3n) is 5.97. The van der Waals surface area contributed by atoms with Crippen molar-refractivity contribution >= 4 is 23.4 Å². The Morgan fingerprint density at radius 1 is 1.03 bits per heavy atom. The van der Waals surface area contributed by atoms with Crippen molar-refractivity contribution in [2.75, 3.05) is 32.8 Å². The van der Waals surface area contributed by atoms with E-state index in [9.17, 15) is 19.5 Å². The van der Waals surface area contributed by atoms with Gasteiger partial charge >= 0.3 is 5.97 Å². The molecule has 1 saturated heterocycles. The first-order chi connectivity index (χ1) is 16.8. The van der Waals surface area contributed by atoms with E-state index in [1.165, 1.54) is 11.8 Å². The number of likely N-dealkylation sites (N-methyl/N-ethyl adjacent to an activating group) is 1. The Morgan fingerprint density at radius 2 is 1.71 bits per heavy atom. The molecule has 1 N–H and O–H groups in total. The molecule has 1 heterocycles. The predicted octanol–water partition coefficient (Wildman–Crippen LogP) is 3.77. The van der Waals surface area contributed by atoms with Crippen LogP contribution in [0.25, 0.3) is 5.76 Å². The molecule has 1 fully saturated rings. The number of likely N-dealkylation sites (tertiary alicyclic amines) is 1. The summed E-state index contributed by atoms with van der Waals surface area (Å²) in [7, 11) is 0. The molecule has 0 aliphatic carbocycles. The number of hydrogen-bond acceptors (Lipinski definition) is 7. The Bertz CT molecular complexity index is 1100. The maximum Gasteiger partial charge on any atom is 0.308 e. The number of amides is 1. The van der Waals surface area contributed by atoms with Gasteiger partial charge in [-0.05, 0) is 62.0 Å². The molecule has 1 amide bonds. The number of aliphatic hydroxyl groups is 1. The maximum atomic E-state index is 13.2. The quantitative estimate of drug-likeness (QED) is 0.182. The molecule has 0 saturated carbocycles. The minimum Gasteiger partial charge on any atom is -0.507 e. The van der Waals surface area contributed by atoms with Crippen molar-refractivity contribution in [2.24, 2.45) is 0 Å². The van der Waals surface area contributed by atoms with Crippen LogP contribution in [0.1, 0.15) is 44.9 Å². The molecule has 2 aromatic carbocycles. The molecule has 0 spiro atoms. The lowest BCUT2D eigenvalue weighted by Gasteiger charge is -2.28. The monoisotopic (exact) mass is 480 g/mol. The van der Waals surface area contributed by atoms with Gasteiger partial charge in [-0.3, -0.25) is 14.4 Å². The number of ether oxygens (including phenoxy) is 2. The van der Waals surface area contributed by atoms with Gasteiger partial charge in [0.1, 0.15) is 17.3 Å². The zero-order chi connectivity index (χ0) is 25.5. The van der Waals surface area contributed by atoms with E-state index < -0.39 is 23.7 Å². The summed E-state index contributed by atoms with van der Waals surface area (Å²) in [6, 6.07) is 12.6. The van der Waals surface area contributed by atoms with Crippen molar-refractivity contribution in [3.63, 3.8) is 0 Å². The van der Waals surface area contributed by atoms with Crippen LogP contribution in [0.4, 0.5) is 0 Å². The number of Topliss-reactive ketones (excluding diaryl/α,β-unsaturated/α-hetero) is 1. The van der Waals surface area contributed by atoms with Gasteiger partial charge in [0.15, 0.2) is 0 Å². The summed E-state index contributed by atoms with van der Waals surface area (Å²) in [5.74, 6) is -1.24. The highest BCUT2D eigenvalue weighted by Crippen LogP contribution is 2.40. The maximum absolute atomic E-state index is 13.2. The number of benzene rings is 2. The summed E-state index contributed by atoms with van der Waals surface area (Å²) in [6.45, 7) is 10.2. The summed E-state index contributed by atoms with van der Waals surface area (Å²) < 4.78 is 10.7. The van der Waals surface area contributed by atoms with E-state index in [1.807, 2.05) is 20.8 Å². The van der Waals surface area contributed by atoms with Gasteiger partial charge in [0.25, 0.3) is 11.7 Å². The molecule has 0 radical (unpaired) electrons. The molecule has 186 valence electrons. The van der Waals surface area contributed by atoms with Crippen molar-refractivity contribution in [3.8, 4) is 11.5 Å². The lowest BCUT2D eigenvalue weighted by Crippen LogP contribution is -2.38. The molecule has 3 rings (SSSR count). The van der Waals surface area contributed by atoms with Gasteiger partial charge in [-0.15, -0.1) is 0 Å². The average molecular weight is 481 g/mol. The van der Waals surface area contributed by atoms with Crippen molar-refractivity contribution < 1.29 is 29.0 Å². The van der Waals surface area contributed by atoms with Crippen molar-refractivity contribution in [2.45, 2.75) is 33.7 Å². The van der Waals surface area contributed by atoms with E-state index in [-0.39, 0.29) is 11.3 Å². The largest absolute Gasteiger partial charge is 0.507 e. The predicted molar refractivity (Wildman–Crippen MR) is 132 cm³/mol. The molecule has 2 aromatic rings. The Labute approximate surface area is 205 Å². The fourth-order valence-corrected chi connectivity index (χ4v) is 4.19. The van der Waals surface area contributed by atoms with E-state index >= 15 is 0 Å². The molecule has 1 aliphatic heterocycles. The van der Waals surface area contributed by atoms with E-state index in [1.54, 1.807) is 48.5 Å². The van der Waals surface area contributed by atoms with E-state index in [0.29, 0.717) is 42.3 Å². The van der Waals surface area contributed by atoms with Gasteiger partial charge in [-0.2, -0.15) is 0 Å². The van der Waals surface area contributed by atoms with E-state index in [2.05, 4.69) is 4.90 Å². The molecule has 0 aromatic heterocycles. The first-order valence-electron chi connectivity index (χ1n) is 11.8. The second-order valence-electron chi connectivity index (χ2n) is 8.14. The number of rotatable bonds is 10. The van der Waals surface area contributed by atoms with Crippen LogP contribution in [0.5, 0.6) is 11.5 Å². The highest BCUT2D eigenvalue weighted by atomic mass is 16.5. The van der Waals surface area contributed by atoms with Gasteiger partial charge < -0.3 is 24.4 Å². The third kappa shape index (κ3) is 5.89. The van der Waals surface area contributed by atoms with Crippen LogP contribution in [0.3, 0.4) is 0 Å². The van der Waals surface area contributed by atoms with Gasteiger partial charge in [0.05, 0.1) is 18.2 Å². The molecule has 1 atom stereocenters. The number of carbonyl (C=O) groups is 3. The molecule has 1 aliphatic rings. The molecular formula is C27H32N2O6. The van der Waals surface area contributed by atoms with Gasteiger partial charge in [0.2, 0.25) is 0 Å². The fourth-order valence-electron chi connectivity index (χ4n) is 4.19. The number of esters is 1. The molecule has 8 nitrogen and oxygen atoms in total. The molecule has 0 bridgehead atoms. The topological polar surface area (TPSA) is 96.4 Å².